The Balaban J connectivity index is 2.39. The second kappa shape index (κ2) is 5.83. The van der Waals surface area contributed by atoms with E-state index in [0.717, 1.165) is 0 Å². The van der Waals surface area contributed by atoms with Gasteiger partial charge in [0.05, 0.1) is 24.5 Å². The van der Waals surface area contributed by atoms with Crippen LogP contribution in [0.3, 0.4) is 0 Å². The van der Waals surface area contributed by atoms with Gasteiger partial charge in [0.2, 0.25) is 0 Å². The highest BCUT2D eigenvalue weighted by Gasteiger charge is 2.37. The van der Waals surface area contributed by atoms with Gasteiger partial charge in [0.15, 0.2) is 9.84 Å². The summed E-state index contributed by atoms with van der Waals surface area (Å²) in [5.41, 5.74) is 0.546. The molecule has 1 N–H and O–H groups in total. The molecule has 0 saturated carbocycles. The summed E-state index contributed by atoms with van der Waals surface area (Å²) in [6.45, 7) is 0. The number of hydrogen-bond donors (Lipinski definition) is 1. The Labute approximate surface area is 118 Å². The summed E-state index contributed by atoms with van der Waals surface area (Å²) >= 11 is 0. The minimum atomic E-state index is -3.14. The first-order valence-corrected chi connectivity index (χ1v) is 8.33. The van der Waals surface area contributed by atoms with Crippen LogP contribution in [0.2, 0.25) is 0 Å². The third kappa shape index (κ3) is 3.12. The second-order valence-electron chi connectivity index (χ2n) is 5.07. The van der Waals surface area contributed by atoms with Crippen LogP contribution in [0.4, 0.5) is 0 Å². The smallest absolute Gasteiger partial charge is 0.311 e. The Morgan fingerprint density at radius 2 is 2.10 bits per heavy atom. The summed E-state index contributed by atoms with van der Waals surface area (Å²) < 4.78 is 28.7. The molecule has 0 aromatic heterocycles. The lowest BCUT2D eigenvalue weighted by atomic mass is 9.83. The van der Waals surface area contributed by atoms with Crippen molar-refractivity contribution in [2.24, 2.45) is 5.92 Å². The first kappa shape index (κ1) is 14.8. The molecule has 0 radical (unpaired) electrons. The molecule has 0 aliphatic carbocycles. The van der Waals surface area contributed by atoms with Crippen molar-refractivity contribution >= 4 is 15.8 Å². The minimum absolute atomic E-state index is 0.0674. The molecule has 1 aromatic carbocycles. The Kier molecular flexibility index (Phi) is 4.32. The van der Waals surface area contributed by atoms with Crippen LogP contribution >= 0.6 is 0 Å². The Bertz CT molecular complexity index is 593. The molecule has 0 bridgehead atoms. The van der Waals surface area contributed by atoms with Gasteiger partial charge in [-0.25, -0.2) is 8.42 Å². The van der Waals surface area contributed by atoms with E-state index in [-0.39, 0.29) is 11.5 Å². The van der Waals surface area contributed by atoms with Gasteiger partial charge >= 0.3 is 5.97 Å². The summed E-state index contributed by atoms with van der Waals surface area (Å²) in [4.78, 5) is 11.6. The molecule has 0 spiro atoms. The van der Waals surface area contributed by atoms with E-state index in [2.05, 4.69) is 0 Å². The monoisotopic (exact) mass is 298 g/mol. The van der Waals surface area contributed by atoms with Crippen LogP contribution in [0.15, 0.2) is 24.3 Å². The normalized spacial score (nSPS) is 22.9. The fraction of sp³-hybridized carbons (Fsp3) is 0.500. The molecular formula is C14H18O5S. The van der Waals surface area contributed by atoms with Crippen LogP contribution in [-0.2, 0) is 14.6 Å². The average molecular weight is 298 g/mol. The third-order valence-corrected chi connectivity index (χ3v) is 5.56. The lowest BCUT2D eigenvalue weighted by Crippen LogP contribution is -2.33. The molecule has 2 atom stereocenters. The first-order chi connectivity index (χ1) is 9.44. The SMILES string of the molecule is COc1ccccc1C(C(=O)O)C1CCCS(=O)(=O)C1. The molecular weight excluding hydrogens is 280 g/mol. The van der Waals surface area contributed by atoms with Gasteiger partial charge in [-0.05, 0) is 24.8 Å². The predicted octanol–water partition coefficient (Wildman–Crippen LogP) is 1.69. The van der Waals surface area contributed by atoms with E-state index in [1.165, 1.54) is 7.11 Å². The quantitative estimate of drug-likeness (QED) is 0.915. The number of rotatable bonds is 4. The van der Waals surface area contributed by atoms with Gasteiger partial charge in [0.25, 0.3) is 0 Å². The van der Waals surface area contributed by atoms with Gasteiger partial charge in [0, 0.05) is 5.56 Å². The van der Waals surface area contributed by atoms with Crippen LogP contribution in [0.1, 0.15) is 24.3 Å². The standard InChI is InChI=1S/C14H18O5S/c1-19-12-7-3-2-6-11(12)13(14(15)16)10-5-4-8-20(17,18)9-10/h2-3,6-7,10,13H,4-5,8-9H2,1H3,(H,15,16). The number of methoxy groups -OCH3 is 1. The number of sulfone groups is 1. The zero-order chi connectivity index (χ0) is 14.8. The molecule has 110 valence electrons. The van der Waals surface area contributed by atoms with Crippen LogP contribution in [0, 0.1) is 5.92 Å². The maximum Gasteiger partial charge on any atom is 0.311 e. The number of carbonyl (C=O) groups is 1. The van der Waals surface area contributed by atoms with Gasteiger partial charge in [-0.2, -0.15) is 0 Å². The van der Waals surface area contributed by atoms with Crippen molar-refractivity contribution in [1.82, 2.24) is 0 Å². The number of ether oxygens (including phenoxy) is 1. The molecule has 1 aliphatic heterocycles. The number of aliphatic carboxylic acids is 1. The fourth-order valence-electron chi connectivity index (χ4n) is 2.83. The third-order valence-electron chi connectivity index (χ3n) is 3.71. The summed E-state index contributed by atoms with van der Waals surface area (Å²) in [5, 5.41) is 9.52. The second-order valence-corrected chi connectivity index (χ2v) is 7.30. The van der Waals surface area contributed by atoms with Gasteiger partial charge in [-0.3, -0.25) is 4.79 Å². The highest BCUT2D eigenvalue weighted by atomic mass is 32.2. The van der Waals surface area contributed by atoms with E-state index in [9.17, 15) is 18.3 Å². The molecule has 1 aliphatic rings. The molecule has 20 heavy (non-hydrogen) atoms. The van der Waals surface area contributed by atoms with Crippen LogP contribution < -0.4 is 4.74 Å². The van der Waals surface area contributed by atoms with E-state index in [1.54, 1.807) is 24.3 Å². The van der Waals surface area contributed by atoms with Crippen LogP contribution in [0.25, 0.3) is 0 Å². The van der Waals surface area contributed by atoms with Gasteiger partial charge < -0.3 is 9.84 Å². The highest BCUT2D eigenvalue weighted by molar-refractivity contribution is 7.91. The maximum absolute atomic E-state index is 11.7. The van der Waals surface area contributed by atoms with Crippen molar-refractivity contribution in [3.8, 4) is 5.75 Å². The summed E-state index contributed by atoms with van der Waals surface area (Å²) in [7, 11) is -1.66. The van der Waals surface area contributed by atoms with Crippen LogP contribution in [-0.4, -0.2) is 38.1 Å². The molecule has 1 aromatic rings. The number of benzene rings is 1. The molecule has 1 fully saturated rings. The number of carboxylic acid groups (broad SMARTS) is 1. The molecule has 2 rings (SSSR count). The average Bonchev–Trinajstić information content (AvgIpc) is 2.38. The van der Waals surface area contributed by atoms with Gasteiger partial charge in [-0.15, -0.1) is 0 Å². The van der Waals surface area contributed by atoms with Gasteiger partial charge in [0.1, 0.15) is 5.75 Å². The molecule has 0 amide bonds. The Hall–Kier alpha value is -1.56. The van der Waals surface area contributed by atoms with Crippen LogP contribution in [0.5, 0.6) is 5.75 Å². The van der Waals surface area contributed by atoms with E-state index in [0.29, 0.717) is 24.2 Å². The summed E-state index contributed by atoms with van der Waals surface area (Å²) in [5.74, 6) is -1.67. The zero-order valence-electron chi connectivity index (χ0n) is 11.3. The molecule has 1 heterocycles. The van der Waals surface area contributed by atoms with Crippen molar-refractivity contribution in [2.45, 2.75) is 18.8 Å². The maximum atomic E-state index is 11.7. The van der Waals surface area contributed by atoms with E-state index < -0.39 is 27.6 Å². The van der Waals surface area contributed by atoms with Gasteiger partial charge in [-0.1, -0.05) is 18.2 Å². The van der Waals surface area contributed by atoms with Crippen molar-refractivity contribution in [1.29, 1.82) is 0 Å². The minimum Gasteiger partial charge on any atom is -0.496 e. The number of hydrogen-bond acceptors (Lipinski definition) is 4. The predicted molar refractivity (Wildman–Crippen MR) is 74.7 cm³/mol. The van der Waals surface area contributed by atoms with E-state index in [1.807, 2.05) is 0 Å². The van der Waals surface area contributed by atoms with Crippen molar-refractivity contribution < 1.29 is 23.1 Å². The molecule has 5 nitrogen and oxygen atoms in total. The van der Waals surface area contributed by atoms with E-state index in [4.69, 9.17) is 4.74 Å². The number of para-hydroxylation sites is 1. The van der Waals surface area contributed by atoms with Crippen molar-refractivity contribution in [3.05, 3.63) is 29.8 Å². The first-order valence-electron chi connectivity index (χ1n) is 6.51. The fourth-order valence-corrected chi connectivity index (χ4v) is 4.62. The molecule has 6 heteroatoms. The largest absolute Gasteiger partial charge is 0.496 e. The van der Waals surface area contributed by atoms with E-state index >= 15 is 0 Å². The topological polar surface area (TPSA) is 80.7 Å². The Morgan fingerprint density at radius 1 is 1.40 bits per heavy atom. The van der Waals surface area contributed by atoms with Crippen molar-refractivity contribution in [3.63, 3.8) is 0 Å². The molecule has 2 unspecified atom stereocenters. The summed E-state index contributed by atoms with van der Waals surface area (Å²) in [6, 6.07) is 6.89. The molecule has 1 saturated heterocycles. The Morgan fingerprint density at radius 3 is 2.70 bits per heavy atom. The van der Waals surface area contributed by atoms with Crippen molar-refractivity contribution in [2.75, 3.05) is 18.6 Å². The lowest BCUT2D eigenvalue weighted by molar-refractivity contribution is -0.140. The zero-order valence-corrected chi connectivity index (χ0v) is 12.1. The highest BCUT2D eigenvalue weighted by Crippen LogP contribution is 2.37. The summed E-state index contributed by atoms with van der Waals surface area (Å²) in [6.07, 6.45) is 1.13. The lowest BCUT2D eigenvalue weighted by Gasteiger charge is -2.28. The number of carboxylic acids is 1.